The number of phenols is 1. The van der Waals surface area contributed by atoms with Crippen molar-refractivity contribution in [3.8, 4) is 5.75 Å². The molecule has 0 radical (unpaired) electrons. The summed E-state index contributed by atoms with van der Waals surface area (Å²) < 4.78 is 8.01. The summed E-state index contributed by atoms with van der Waals surface area (Å²) in [5.41, 5.74) is 3.89. The lowest BCUT2D eigenvalue weighted by Crippen LogP contribution is -2.48. The molecule has 1 aromatic heterocycles. The SMILES string of the molecule is Cc1cc(C(=O)CN2CCN(c3ccccc3O)CC2)c(C)n1C[C@H]1CCCO1. The van der Waals surface area contributed by atoms with Crippen LogP contribution in [0.1, 0.15) is 34.6 Å². The number of rotatable bonds is 6. The Balaban J connectivity index is 1.36. The fourth-order valence-corrected chi connectivity index (χ4v) is 4.52. The molecule has 2 aliphatic rings. The number of hydrogen-bond acceptors (Lipinski definition) is 5. The van der Waals surface area contributed by atoms with Crippen molar-refractivity contribution >= 4 is 11.5 Å². The van der Waals surface area contributed by atoms with Crippen LogP contribution in [0.15, 0.2) is 30.3 Å². The van der Waals surface area contributed by atoms with E-state index in [4.69, 9.17) is 4.74 Å². The number of Topliss-reactive ketones (excluding diaryl/α,β-unsaturated/α-hetero) is 1. The number of benzene rings is 1. The highest BCUT2D eigenvalue weighted by Crippen LogP contribution is 2.27. The fourth-order valence-electron chi connectivity index (χ4n) is 4.52. The van der Waals surface area contributed by atoms with Crippen molar-refractivity contribution in [3.05, 3.63) is 47.3 Å². The van der Waals surface area contributed by atoms with Gasteiger partial charge in [-0.2, -0.15) is 0 Å². The van der Waals surface area contributed by atoms with Gasteiger partial charge in [0.15, 0.2) is 5.78 Å². The van der Waals surface area contributed by atoms with Gasteiger partial charge < -0.3 is 19.3 Å². The second-order valence-corrected chi connectivity index (χ2v) is 8.21. The van der Waals surface area contributed by atoms with Crippen molar-refractivity contribution in [2.75, 3.05) is 44.2 Å². The summed E-state index contributed by atoms with van der Waals surface area (Å²) in [5, 5.41) is 10.1. The van der Waals surface area contributed by atoms with Crippen LogP contribution >= 0.6 is 0 Å². The molecule has 29 heavy (non-hydrogen) atoms. The van der Waals surface area contributed by atoms with Gasteiger partial charge in [-0.05, 0) is 44.9 Å². The number of piperazine rings is 1. The summed E-state index contributed by atoms with van der Waals surface area (Å²) in [6.45, 7) is 9.50. The molecule has 0 amide bonds. The molecule has 6 heteroatoms. The Kier molecular flexibility index (Phi) is 5.92. The Bertz CT molecular complexity index is 862. The minimum atomic E-state index is 0.188. The van der Waals surface area contributed by atoms with E-state index < -0.39 is 0 Å². The first kappa shape index (κ1) is 20.0. The maximum Gasteiger partial charge on any atom is 0.178 e. The quantitative estimate of drug-likeness (QED) is 0.760. The minimum absolute atomic E-state index is 0.188. The van der Waals surface area contributed by atoms with Gasteiger partial charge in [0.2, 0.25) is 0 Å². The molecule has 1 N–H and O–H groups in total. The summed E-state index contributed by atoms with van der Waals surface area (Å²) >= 11 is 0. The lowest BCUT2D eigenvalue weighted by atomic mass is 10.1. The second kappa shape index (κ2) is 8.59. The lowest BCUT2D eigenvalue weighted by Gasteiger charge is -2.36. The van der Waals surface area contributed by atoms with Crippen LogP contribution in [0.3, 0.4) is 0 Å². The minimum Gasteiger partial charge on any atom is -0.506 e. The molecule has 1 atom stereocenters. The van der Waals surface area contributed by atoms with E-state index in [0.717, 1.165) is 74.8 Å². The zero-order chi connectivity index (χ0) is 20.4. The fraction of sp³-hybridized carbons (Fsp3) is 0.522. The average molecular weight is 398 g/mol. The monoisotopic (exact) mass is 397 g/mol. The Morgan fingerprint density at radius 3 is 2.62 bits per heavy atom. The molecular formula is C23H31N3O3. The highest BCUT2D eigenvalue weighted by Gasteiger charge is 2.24. The van der Waals surface area contributed by atoms with E-state index in [-0.39, 0.29) is 11.9 Å². The van der Waals surface area contributed by atoms with Crippen LogP contribution in [-0.4, -0.2) is 65.8 Å². The molecule has 2 fully saturated rings. The molecule has 1 aromatic carbocycles. The number of nitrogens with zero attached hydrogens (tertiary/aromatic N) is 3. The van der Waals surface area contributed by atoms with Crippen LogP contribution in [0.4, 0.5) is 5.69 Å². The van der Waals surface area contributed by atoms with Crippen LogP contribution in [0.25, 0.3) is 0 Å². The molecule has 0 saturated carbocycles. The maximum absolute atomic E-state index is 13.0. The van der Waals surface area contributed by atoms with E-state index in [1.807, 2.05) is 31.2 Å². The third-order valence-electron chi connectivity index (χ3n) is 6.25. The first-order valence-corrected chi connectivity index (χ1v) is 10.6. The van der Waals surface area contributed by atoms with Crippen LogP contribution < -0.4 is 4.90 Å². The molecule has 4 rings (SSSR count). The predicted octanol–water partition coefficient (Wildman–Crippen LogP) is 2.99. The van der Waals surface area contributed by atoms with Crippen molar-refractivity contribution in [3.63, 3.8) is 0 Å². The zero-order valence-corrected chi connectivity index (χ0v) is 17.4. The normalized spacial score (nSPS) is 20.3. The van der Waals surface area contributed by atoms with Crippen LogP contribution in [0.5, 0.6) is 5.75 Å². The molecule has 2 aromatic rings. The average Bonchev–Trinajstić information content (AvgIpc) is 3.33. The third-order valence-corrected chi connectivity index (χ3v) is 6.25. The molecule has 0 aliphatic carbocycles. The van der Waals surface area contributed by atoms with E-state index in [1.165, 1.54) is 0 Å². The van der Waals surface area contributed by atoms with Crippen LogP contribution in [0, 0.1) is 13.8 Å². The standard InChI is InChI=1S/C23H31N3O3/c1-17-14-20(18(2)26(17)15-19-6-5-13-29-19)23(28)16-24-9-11-25(12-10-24)21-7-3-4-8-22(21)27/h3-4,7-8,14,19,27H,5-6,9-13,15-16H2,1-2H3/t19-/m1/s1. The number of ether oxygens (including phenoxy) is 1. The van der Waals surface area contributed by atoms with E-state index in [9.17, 15) is 9.90 Å². The van der Waals surface area contributed by atoms with Crippen molar-refractivity contribution in [2.45, 2.75) is 39.3 Å². The smallest absolute Gasteiger partial charge is 0.178 e. The Hall–Kier alpha value is -2.31. The second-order valence-electron chi connectivity index (χ2n) is 8.21. The van der Waals surface area contributed by atoms with Crippen molar-refractivity contribution in [1.29, 1.82) is 0 Å². The first-order valence-electron chi connectivity index (χ1n) is 10.6. The number of ketones is 1. The molecule has 3 heterocycles. The van der Waals surface area contributed by atoms with Gasteiger partial charge in [-0.3, -0.25) is 9.69 Å². The number of para-hydroxylation sites is 2. The molecule has 156 valence electrons. The van der Waals surface area contributed by atoms with Crippen molar-refractivity contribution in [2.24, 2.45) is 0 Å². The molecule has 0 spiro atoms. The highest BCUT2D eigenvalue weighted by atomic mass is 16.5. The number of hydrogen-bond donors (Lipinski definition) is 1. The van der Waals surface area contributed by atoms with Gasteiger partial charge in [-0.15, -0.1) is 0 Å². The van der Waals surface area contributed by atoms with Gasteiger partial charge in [0.25, 0.3) is 0 Å². The summed E-state index contributed by atoms with van der Waals surface area (Å²) in [6.07, 6.45) is 2.50. The number of aryl methyl sites for hydroxylation is 1. The number of anilines is 1. The van der Waals surface area contributed by atoms with Crippen molar-refractivity contribution in [1.82, 2.24) is 9.47 Å². The Labute approximate surface area is 172 Å². The number of carbonyl (C=O) groups excluding carboxylic acids is 1. The van der Waals surface area contributed by atoms with Gasteiger partial charge in [-0.1, -0.05) is 12.1 Å². The summed E-state index contributed by atoms with van der Waals surface area (Å²) in [5.74, 6) is 0.503. The van der Waals surface area contributed by atoms with E-state index in [2.05, 4.69) is 21.3 Å². The van der Waals surface area contributed by atoms with Gasteiger partial charge in [0, 0.05) is 56.3 Å². The number of aromatic hydroxyl groups is 1. The van der Waals surface area contributed by atoms with E-state index in [1.54, 1.807) is 6.07 Å². The van der Waals surface area contributed by atoms with Gasteiger partial charge >= 0.3 is 0 Å². The highest BCUT2D eigenvalue weighted by molar-refractivity contribution is 5.99. The Morgan fingerprint density at radius 1 is 1.17 bits per heavy atom. The molecule has 2 aliphatic heterocycles. The van der Waals surface area contributed by atoms with Crippen molar-refractivity contribution < 1.29 is 14.6 Å². The molecule has 6 nitrogen and oxygen atoms in total. The topological polar surface area (TPSA) is 57.9 Å². The Morgan fingerprint density at radius 2 is 1.93 bits per heavy atom. The first-order chi connectivity index (χ1) is 14.0. The van der Waals surface area contributed by atoms with Gasteiger partial charge in [0.1, 0.15) is 5.75 Å². The number of carbonyl (C=O) groups is 1. The third kappa shape index (κ3) is 4.33. The number of aromatic nitrogens is 1. The maximum atomic E-state index is 13.0. The van der Waals surface area contributed by atoms with E-state index >= 15 is 0 Å². The summed E-state index contributed by atoms with van der Waals surface area (Å²) in [7, 11) is 0. The summed E-state index contributed by atoms with van der Waals surface area (Å²) in [6, 6.07) is 9.47. The van der Waals surface area contributed by atoms with E-state index in [0.29, 0.717) is 12.3 Å². The molecule has 0 bridgehead atoms. The van der Waals surface area contributed by atoms with Gasteiger partial charge in [-0.25, -0.2) is 0 Å². The molecule has 0 unspecified atom stereocenters. The molecular weight excluding hydrogens is 366 g/mol. The number of phenolic OH excluding ortho intramolecular Hbond substituents is 1. The largest absolute Gasteiger partial charge is 0.506 e. The lowest BCUT2D eigenvalue weighted by molar-refractivity contribution is 0.0918. The summed E-state index contributed by atoms with van der Waals surface area (Å²) in [4.78, 5) is 17.4. The molecule has 2 saturated heterocycles. The predicted molar refractivity (Wildman–Crippen MR) is 114 cm³/mol. The van der Waals surface area contributed by atoms with Crippen LogP contribution in [-0.2, 0) is 11.3 Å². The zero-order valence-electron chi connectivity index (χ0n) is 17.4. The van der Waals surface area contributed by atoms with Gasteiger partial charge in [0.05, 0.1) is 18.3 Å². The van der Waals surface area contributed by atoms with Crippen LogP contribution in [0.2, 0.25) is 0 Å².